The molecule has 1 aliphatic heterocycles. The van der Waals surface area contributed by atoms with Crippen molar-refractivity contribution in [1.82, 2.24) is 5.43 Å². The number of nitrogens with zero attached hydrogens (tertiary/aromatic N) is 1. The summed E-state index contributed by atoms with van der Waals surface area (Å²) in [5, 5.41) is 43.5. The van der Waals surface area contributed by atoms with E-state index in [2.05, 4.69) is 10.5 Å². The number of hydrogen-bond acceptors (Lipinski definition) is 9. The summed E-state index contributed by atoms with van der Waals surface area (Å²) in [6.07, 6.45) is -6.19. The van der Waals surface area contributed by atoms with Crippen LogP contribution in [0.4, 0.5) is 0 Å². The first-order valence-corrected chi connectivity index (χ1v) is 10.9. The Labute approximate surface area is 201 Å². The first kappa shape index (κ1) is 25.9. The third kappa shape index (κ3) is 6.44. The molecule has 11 heteroatoms. The maximum absolute atomic E-state index is 12.2. The zero-order valence-electron chi connectivity index (χ0n) is 18.5. The number of nitrogens with one attached hydrogen (secondary N) is 1. The Morgan fingerprint density at radius 2 is 1.88 bits per heavy atom. The van der Waals surface area contributed by atoms with Crippen LogP contribution < -0.4 is 14.9 Å². The van der Waals surface area contributed by atoms with E-state index in [0.29, 0.717) is 22.1 Å². The number of hydrogen-bond donors (Lipinski definition) is 5. The third-order valence-corrected chi connectivity index (χ3v) is 5.41. The van der Waals surface area contributed by atoms with Gasteiger partial charge in [-0.15, -0.1) is 0 Å². The number of aliphatic hydroxyl groups is 4. The number of carbonyl (C=O) groups is 1. The maximum Gasteiger partial charge on any atom is 0.280 e. The number of rotatable bonds is 8. The van der Waals surface area contributed by atoms with Gasteiger partial charge in [0.1, 0.15) is 35.9 Å². The molecule has 0 bridgehead atoms. The molecule has 0 aromatic heterocycles. The lowest BCUT2D eigenvalue weighted by molar-refractivity contribution is -0.277. The largest absolute Gasteiger partial charge is 0.481 e. The van der Waals surface area contributed by atoms with E-state index in [4.69, 9.17) is 25.8 Å². The predicted octanol–water partition coefficient (Wildman–Crippen LogP) is 0.745. The van der Waals surface area contributed by atoms with Crippen LogP contribution in [0, 0.1) is 6.92 Å². The van der Waals surface area contributed by atoms with Gasteiger partial charge in [0.2, 0.25) is 6.29 Å². The summed E-state index contributed by atoms with van der Waals surface area (Å²) in [5.74, 6) is 0.421. The summed E-state index contributed by atoms with van der Waals surface area (Å²) in [4.78, 5) is 12.2. The molecule has 2 aromatic rings. The smallest absolute Gasteiger partial charge is 0.280 e. The molecule has 1 saturated heterocycles. The van der Waals surface area contributed by atoms with E-state index in [0.717, 1.165) is 5.56 Å². The van der Waals surface area contributed by atoms with Gasteiger partial charge in [0.25, 0.3) is 5.91 Å². The van der Waals surface area contributed by atoms with Crippen LogP contribution in [-0.4, -0.2) is 76.0 Å². The Bertz CT molecular complexity index is 1000. The molecular formula is C23H27ClN2O8. The van der Waals surface area contributed by atoms with Gasteiger partial charge < -0.3 is 34.6 Å². The number of ether oxygens (including phenoxy) is 3. The minimum absolute atomic E-state index is 0.311. The zero-order chi connectivity index (χ0) is 24.8. The van der Waals surface area contributed by atoms with E-state index in [-0.39, 0.29) is 0 Å². The molecule has 34 heavy (non-hydrogen) atoms. The van der Waals surface area contributed by atoms with E-state index in [9.17, 15) is 25.2 Å². The van der Waals surface area contributed by atoms with Crippen LogP contribution in [0.25, 0.3) is 0 Å². The molecule has 1 aliphatic rings. The van der Waals surface area contributed by atoms with Crippen molar-refractivity contribution in [3.05, 3.63) is 58.6 Å². The van der Waals surface area contributed by atoms with Crippen molar-refractivity contribution in [2.45, 2.75) is 50.7 Å². The minimum atomic E-state index is -1.53. The van der Waals surface area contributed by atoms with E-state index in [1.54, 1.807) is 49.4 Å². The minimum Gasteiger partial charge on any atom is -0.481 e. The highest BCUT2D eigenvalue weighted by molar-refractivity contribution is 6.30. The number of halogens is 1. The van der Waals surface area contributed by atoms with Gasteiger partial charge in [-0.1, -0.05) is 11.6 Å². The van der Waals surface area contributed by atoms with Gasteiger partial charge in [0.05, 0.1) is 12.8 Å². The first-order chi connectivity index (χ1) is 16.2. The molecule has 2 aromatic carbocycles. The molecule has 0 spiro atoms. The van der Waals surface area contributed by atoms with Crippen LogP contribution in [0.1, 0.15) is 18.1 Å². The van der Waals surface area contributed by atoms with Gasteiger partial charge >= 0.3 is 0 Å². The summed E-state index contributed by atoms with van der Waals surface area (Å²) < 4.78 is 16.5. The summed E-state index contributed by atoms with van der Waals surface area (Å²) in [5.41, 5.74) is 3.86. The van der Waals surface area contributed by atoms with Gasteiger partial charge in [-0.05, 0) is 67.4 Å². The molecule has 6 atom stereocenters. The Balaban J connectivity index is 1.52. The lowest BCUT2D eigenvalue weighted by atomic mass is 9.99. The molecule has 0 aliphatic carbocycles. The van der Waals surface area contributed by atoms with Crippen molar-refractivity contribution >= 4 is 23.7 Å². The second-order valence-corrected chi connectivity index (χ2v) is 8.22. The molecule has 1 amide bonds. The normalized spacial score (nSPS) is 25.7. The first-order valence-electron chi connectivity index (χ1n) is 10.5. The van der Waals surface area contributed by atoms with Gasteiger partial charge in [-0.2, -0.15) is 5.10 Å². The van der Waals surface area contributed by atoms with Crippen LogP contribution in [0.2, 0.25) is 5.02 Å². The van der Waals surface area contributed by atoms with Gasteiger partial charge in [0, 0.05) is 5.02 Å². The number of carbonyl (C=O) groups excluding carboxylic acids is 1. The molecule has 0 radical (unpaired) electrons. The summed E-state index contributed by atoms with van der Waals surface area (Å²) in [6.45, 7) is 2.88. The monoisotopic (exact) mass is 494 g/mol. The second kappa shape index (κ2) is 11.6. The average Bonchev–Trinajstić information content (AvgIpc) is 2.82. The van der Waals surface area contributed by atoms with Crippen molar-refractivity contribution in [2.24, 2.45) is 5.10 Å². The standard InChI is InChI=1S/C23H27ClN2O8/c1-12-9-15(24)5-8-17(12)32-13(2)22(31)26-25-10-14-3-6-16(7-4-14)33-23-21(30)20(29)19(28)18(11-27)34-23/h3-10,13,18-21,23,27-30H,11H2,1-2H3,(H,26,31). The van der Waals surface area contributed by atoms with Crippen LogP contribution >= 0.6 is 11.6 Å². The molecule has 184 valence electrons. The van der Waals surface area contributed by atoms with E-state index < -0.39 is 49.3 Å². The molecule has 6 unspecified atom stereocenters. The fourth-order valence-electron chi connectivity index (χ4n) is 3.18. The highest BCUT2D eigenvalue weighted by Crippen LogP contribution is 2.25. The Kier molecular flexibility index (Phi) is 8.84. The average molecular weight is 495 g/mol. The molecule has 10 nitrogen and oxygen atoms in total. The lowest BCUT2D eigenvalue weighted by Crippen LogP contribution is -2.60. The van der Waals surface area contributed by atoms with E-state index in [1.807, 2.05) is 6.92 Å². The van der Waals surface area contributed by atoms with E-state index >= 15 is 0 Å². The molecular weight excluding hydrogens is 468 g/mol. The number of hydrazone groups is 1. The topological polar surface area (TPSA) is 150 Å². The molecule has 1 fully saturated rings. The van der Waals surface area contributed by atoms with Gasteiger partial charge in [0.15, 0.2) is 6.10 Å². The fourth-order valence-corrected chi connectivity index (χ4v) is 3.41. The SMILES string of the molecule is Cc1cc(Cl)ccc1OC(C)C(=O)NN=Cc1ccc(OC2OC(CO)C(O)C(O)C2O)cc1. The molecule has 0 saturated carbocycles. The lowest BCUT2D eigenvalue weighted by Gasteiger charge is -2.39. The number of aryl methyl sites for hydroxylation is 1. The summed E-state index contributed by atoms with van der Waals surface area (Å²) >= 11 is 5.92. The highest BCUT2D eigenvalue weighted by atomic mass is 35.5. The van der Waals surface area contributed by atoms with Crippen molar-refractivity contribution in [1.29, 1.82) is 0 Å². The van der Waals surface area contributed by atoms with Crippen LogP contribution in [-0.2, 0) is 9.53 Å². The summed E-state index contributed by atoms with van der Waals surface area (Å²) in [6, 6.07) is 11.5. The van der Waals surface area contributed by atoms with Gasteiger partial charge in [-0.3, -0.25) is 4.79 Å². The Morgan fingerprint density at radius 3 is 2.53 bits per heavy atom. The number of amides is 1. The van der Waals surface area contributed by atoms with Crippen LogP contribution in [0.3, 0.4) is 0 Å². The van der Waals surface area contributed by atoms with Crippen molar-refractivity contribution in [3.8, 4) is 11.5 Å². The van der Waals surface area contributed by atoms with E-state index in [1.165, 1.54) is 6.21 Å². The Morgan fingerprint density at radius 1 is 1.18 bits per heavy atom. The van der Waals surface area contributed by atoms with Crippen molar-refractivity contribution < 1.29 is 39.4 Å². The maximum atomic E-state index is 12.2. The number of benzene rings is 2. The zero-order valence-corrected chi connectivity index (χ0v) is 19.3. The third-order valence-electron chi connectivity index (χ3n) is 5.18. The molecule has 1 heterocycles. The van der Waals surface area contributed by atoms with Crippen LogP contribution in [0.15, 0.2) is 47.6 Å². The summed E-state index contributed by atoms with van der Waals surface area (Å²) in [7, 11) is 0. The van der Waals surface area contributed by atoms with Crippen LogP contribution in [0.5, 0.6) is 11.5 Å². The molecule has 5 N–H and O–H groups in total. The Hall–Kier alpha value is -2.73. The fraction of sp³-hybridized carbons (Fsp3) is 0.391. The quantitative estimate of drug-likeness (QED) is 0.266. The highest BCUT2D eigenvalue weighted by Gasteiger charge is 2.44. The number of aliphatic hydroxyl groups excluding tert-OH is 4. The van der Waals surface area contributed by atoms with Gasteiger partial charge in [-0.25, -0.2) is 5.43 Å². The molecule has 3 rings (SSSR count). The second-order valence-electron chi connectivity index (χ2n) is 7.79. The van der Waals surface area contributed by atoms with Crippen molar-refractivity contribution in [2.75, 3.05) is 6.61 Å². The predicted molar refractivity (Wildman–Crippen MR) is 123 cm³/mol. The van der Waals surface area contributed by atoms with Crippen molar-refractivity contribution in [3.63, 3.8) is 0 Å².